The Morgan fingerprint density at radius 1 is 1.56 bits per heavy atom. The lowest BCUT2D eigenvalue weighted by molar-refractivity contribution is 0.0796. The highest BCUT2D eigenvalue weighted by Gasteiger charge is 2.13. The van der Waals surface area contributed by atoms with Gasteiger partial charge in [0.15, 0.2) is 0 Å². The Bertz CT molecular complexity index is 384. The number of nitrogens with one attached hydrogen (secondary N) is 1. The van der Waals surface area contributed by atoms with Crippen LogP contribution in [0.5, 0.6) is 0 Å². The van der Waals surface area contributed by atoms with E-state index in [0.717, 1.165) is 6.54 Å². The molecule has 88 valence electrons. The van der Waals surface area contributed by atoms with Gasteiger partial charge in [0.05, 0.1) is 10.6 Å². The first-order chi connectivity index (χ1) is 7.56. The van der Waals surface area contributed by atoms with Crippen LogP contribution in [0.15, 0.2) is 12.3 Å². The van der Waals surface area contributed by atoms with Crippen LogP contribution in [0, 0.1) is 0 Å². The van der Waals surface area contributed by atoms with E-state index in [0.29, 0.717) is 12.1 Å². The molecule has 0 bridgehead atoms. The number of carbonyl (C=O) groups is 1. The van der Waals surface area contributed by atoms with Crippen molar-refractivity contribution in [3.05, 3.63) is 28.0 Å². The van der Waals surface area contributed by atoms with Gasteiger partial charge in [0.1, 0.15) is 5.15 Å². The lowest BCUT2D eigenvalue weighted by atomic mass is 10.2. The van der Waals surface area contributed by atoms with E-state index in [1.165, 1.54) is 12.3 Å². The molecular weight excluding hydrogens is 249 g/mol. The topological polar surface area (TPSA) is 45.2 Å². The standard InChI is InChI=1S/C10H13Cl2N3O/c1-13-3-4-15(2)10(16)7-5-8(11)9(12)14-6-7/h5-6,13H,3-4H2,1-2H3. The zero-order valence-electron chi connectivity index (χ0n) is 9.13. The third-order valence-corrected chi connectivity index (χ3v) is 2.77. The van der Waals surface area contributed by atoms with Gasteiger partial charge in [-0.05, 0) is 13.1 Å². The maximum atomic E-state index is 11.9. The molecule has 0 aliphatic rings. The summed E-state index contributed by atoms with van der Waals surface area (Å²) < 4.78 is 0. The second-order valence-corrected chi connectivity index (χ2v) is 4.09. The van der Waals surface area contributed by atoms with Crippen LogP contribution in [0.3, 0.4) is 0 Å². The van der Waals surface area contributed by atoms with Crippen LogP contribution in [0.1, 0.15) is 10.4 Å². The third kappa shape index (κ3) is 3.33. The van der Waals surface area contributed by atoms with Crippen molar-refractivity contribution in [2.45, 2.75) is 0 Å². The van der Waals surface area contributed by atoms with Crippen molar-refractivity contribution in [2.24, 2.45) is 0 Å². The van der Waals surface area contributed by atoms with Crippen molar-refractivity contribution >= 4 is 29.1 Å². The largest absolute Gasteiger partial charge is 0.340 e. The molecule has 1 amide bonds. The number of carbonyl (C=O) groups excluding carboxylic acids is 1. The normalized spacial score (nSPS) is 10.2. The lowest BCUT2D eigenvalue weighted by Crippen LogP contribution is -2.32. The molecular formula is C10H13Cl2N3O. The van der Waals surface area contributed by atoms with Crippen LogP contribution < -0.4 is 5.32 Å². The minimum atomic E-state index is -0.124. The quantitative estimate of drug-likeness (QED) is 0.840. The van der Waals surface area contributed by atoms with Crippen LogP contribution in [-0.2, 0) is 0 Å². The van der Waals surface area contributed by atoms with E-state index in [4.69, 9.17) is 23.2 Å². The van der Waals surface area contributed by atoms with E-state index in [-0.39, 0.29) is 16.1 Å². The van der Waals surface area contributed by atoms with Gasteiger partial charge in [-0.15, -0.1) is 0 Å². The first-order valence-corrected chi connectivity index (χ1v) is 5.53. The molecule has 0 spiro atoms. The highest BCUT2D eigenvalue weighted by molar-refractivity contribution is 6.41. The van der Waals surface area contributed by atoms with Crippen molar-refractivity contribution in [1.82, 2.24) is 15.2 Å². The van der Waals surface area contributed by atoms with Gasteiger partial charge in [0.2, 0.25) is 0 Å². The molecule has 0 aliphatic heterocycles. The van der Waals surface area contributed by atoms with E-state index in [2.05, 4.69) is 10.3 Å². The number of aromatic nitrogens is 1. The highest BCUT2D eigenvalue weighted by Crippen LogP contribution is 2.20. The molecule has 0 fully saturated rings. The number of hydrogen-bond acceptors (Lipinski definition) is 3. The maximum Gasteiger partial charge on any atom is 0.255 e. The van der Waals surface area contributed by atoms with Crippen LogP contribution in [-0.4, -0.2) is 43.0 Å². The number of pyridine rings is 1. The molecule has 6 heteroatoms. The summed E-state index contributed by atoms with van der Waals surface area (Å²) in [5, 5.41) is 3.46. The fourth-order valence-corrected chi connectivity index (χ4v) is 1.41. The number of halogens is 2. The fourth-order valence-electron chi connectivity index (χ4n) is 1.14. The van der Waals surface area contributed by atoms with Crippen molar-refractivity contribution in [3.63, 3.8) is 0 Å². The Morgan fingerprint density at radius 3 is 2.81 bits per heavy atom. The maximum absolute atomic E-state index is 11.9. The molecule has 4 nitrogen and oxygen atoms in total. The zero-order chi connectivity index (χ0) is 12.1. The second-order valence-electron chi connectivity index (χ2n) is 3.33. The van der Waals surface area contributed by atoms with E-state index in [1.54, 1.807) is 11.9 Å². The van der Waals surface area contributed by atoms with Gasteiger partial charge in [-0.1, -0.05) is 23.2 Å². The first-order valence-electron chi connectivity index (χ1n) is 4.77. The number of amides is 1. The van der Waals surface area contributed by atoms with Crippen molar-refractivity contribution in [3.8, 4) is 0 Å². The van der Waals surface area contributed by atoms with Gasteiger partial charge in [0.25, 0.3) is 5.91 Å². The van der Waals surface area contributed by atoms with Crippen LogP contribution in [0.2, 0.25) is 10.2 Å². The summed E-state index contributed by atoms with van der Waals surface area (Å²) in [7, 11) is 3.56. The Labute approximate surface area is 105 Å². The molecule has 0 atom stereocenters. The summed E-state index contributed by atoms with van der Waals surface area (Å²) in [6.07, 6.45) is 1.42. The summed E-state index contributed by atoms with van der Waals surface area (Å²) in [4.78, 5) is 17.3. The summed E-state index contributed by atoms with van der Waals surface area (Å²) in [6.45, 7) is 1.35. The zero-order valence-corrected chi connectivity index (χ0v) is 10.6. The van der Waals surface area contributed by atoms with Gasteiger partial charge in [0, 0.05) is 26.3 Å². The average molecular weight is 262 g/mol. The monoisotopic (exact) mass is 261 g/mol. The molecule has 0 radical (unpaired) electrons. The Kier molecular flexibility index (Phi) is 4.99. The summed E-state index contributed by atoms with van der Waals surface area (Å²) >= 11 is 11.5. The minimum Gasteiger partial charge on any atom is -0.340 e. The van der Waals surface area contributed by atoms with Gasteiger partial charge < -0.3 is 10.2 Å². The molecule has 1 heterocycles. The number of hydrogen-bond donors (Lipinski definition) is 1. The Morgan fingerprint density at radius 2 is 2.25 bits per heavy atom. The number of rotatable bonds is 4. The molecule has 1 rings (SSSR count). The fraction of sp³-hybridized carbons (Fsp3) is 0.400. The van der Waals surface area contributed by atoms with E-state index < -0.39 is 0 Å². The van der Waals surface area contributed by atoms with Gasteiger partial charge in [-0.25, -0.2) is 4.98 Å². The molecule has 0 saturated carbocycles. The van der Waals surface area contributed by atoms with Crippen molar-refractivity contribution in [1.29, 1.82) is 0 Å². The van der Waals surface area contributed by atoms with Crippen molar-refractivity contribution < 1.29 is 4.79 Å². The van der Waals surface area contributed by atoms with E-state index in [1.807, 2.05) is 7.05 Å². The van der Waals surface area contributed by atoms with Gasteiger partial charge in [-0.3, -0.25) is 4.79 Å². The van der Waals surface area contributed by atoms with Crippen LogP contribution in [0.25, 0.3) is 0 Å². The summed E-state index contributed by atoms with van der Waals surface area (Å²) in [6, 6.07) is 1.52. The number of nitrogens with zero attached hydrogens (tertiary/aromatic N) is 2. The van der Waals surface area contributed by atoms with Gasteiger partial charge in [-0.2, -0.15) is 0 Å². The first kappa shape index (κ1) is 13.2. The van der Waals surface area contributed by atoms with E-state index in [9.17, 15) is 4.79 Å². The Balaban J connectivity index is 2.76. The minimum absolute atomic E-state index is 0.124. The Hall–Kier alpha value is -0.840. The van der Waals surface area contributed by atoms with Gasteiger partial charge >= 0.3 is 0 Å². The van der Waals surface area contributed by atoms with Crippen molar-refractivity contribution in [2.75, 3.05) is 27.2 Å². The predicted octanol–water partition coefficient (Wildman–Crippen LogP) is 1.68. The smallest absolute Gasteiger partial charge is 0.255 e. The molecule has 0 saturated heterocycles. The average Bonchev–Trinajstić information content (AvgIpc) is 2.28. The lowest BCUT2D eigenvalue weighted by Gasteiger charge is -2.16. The summed E-state index contributed by atoms with van der Waals surface area (Å²) in [5.41, 5.74) is 0.438. The third-order valence-electron chi connectivity index (χ3n) is 2.09. The van der Waals surface area contributed by atoms with Crippen LogP contribution in [0.4, 0.5) is 0 Å². The number of likely N-dealkylation sites (N-methyl/N-ethyl adjacent to an activating group) is 2. The summed E-state index contributed by atoms with van der Waals surface area (Å²) in [5.74, 6) is -0.124. The highest BCUT2D eigenvalue weighted by atomic mass is 35.5. The molecule has 1 aromatic heterocycles. The molecule has 0 aromatic carbocycles. The molecule has 0 aliphatic carbocycles. The van der Waals surface area contributed by atoms with E-state index >= 15 is 0 Å². The second kappa shape index (κ2) is 6.03. The molecule has 16 heavy (non-hydrogen) atoms. The van der Waals surface area contributed by atoms with Crippen LogP contribution >= 0.6 is 23.2 Å². The molecule has 1 aromatic rings. The molecule has 1 N–H and O–H groups in total. The molecule has 0 unspecified atom stereocenters. The predicted molar refractivity (Wildman–Crippen MR) is 65.1 cm³/mol. The SMILES string of the molecule is CNCCN(C)C(=O)c1cnc(Cl)c(Cl)c1.